The highest BCUT2D eigenvalue weighted by atomic mass is 16.5. The molecular formula is C12H24N4O2. The fourth-order valence-electron chi connectivity index (χ4n) is 2.63. The van der Waals surface area contributed by atoms with Crippen LogP contribution in [0.4, 0.5) is 0 Å². The van der Waals surface area contributed by atoms with Crippen molar-refractivity contribution >= 4 is 5.91 Å². The van der Waals surface area contributed by atoms with E-state index in [1.54, 1.807) is 7.05 Å². The first-order valence-electron chi connectivity index (χ1n) is 6.67. The predicted molar refractivity (Wildman–Crippen MR) is 69.5 cm³/mol. The highest BCUT2D eigenvalue weighted by molar-refractivity contribution is 5.81. The van der Waals surface area contributed by atoms with Crippen LogP contribution in [0.1, 0.15) is 0 Å². The second-order valence-corrected chi connectivity index (χ2v) is 5.08. The average molecular weight is 256 g/mol. The Balaban J connectivity index is 1.90. The van der Waals surface area contributed by atoms with Crippen LogP contribution in [0, 0.1) is 0 Å². The van der Waals surface area contributed by atoms with Crippen molar-refractivity contribution in [3.63, 3.8) is 0 Å². The number of amides is 1. The van der Waals surface area contributed by atoms with Crippen LogP contribution in [0.15, 0.2) is 0 Å². The SMILES string of the molecule is CNC(=O)C1CNCCN1CC1CN(C)CCO1. The van der Waals surface area contributed by atoms with E-state index < -0.39 is 0 Å². The molecule has 0 radical (unpaired) electrons. The van der Waals surface area contributed by atoms with Crippen molar-refractivity contribution < 1.29 is 9.53 Å². The number of carbonyl (C=O) groups excluding carboxylic acids is 1. The summed E-state index contributed by atoms with van der Waals surface area (Å²) in [4.78, 5) is 16.4. The van der Waals surface area contributed by atoms with Gasteiger partial charge in [0.25, 0.3) is 0 Å². The zero-order valence-corrected chi connectivity index (χ0v) is 11.3. The Labute approximate surface area is 109 Å². The van der Waals surface area contributed by atoms with Gasteiger partial charge < -0.3 is 20.3 Å². The maximum absolute atomic E-state index is 11.8. The summed E-state index contributed by atoms with van der Waals surface area (Å²) >= 11 is 0. The smallest absolute Gasteiger partial charge is 0.238 e. The minimum atomic E-state index is -0.0698. The van der Waals surface area contributed by atoms with E-state index in [1.807, 2.05) is 0 Å². The van der Waals surface area contributed by atoms with E-state index >= 15 is 0 Å². The summed E-state index contributed by atoms with van der Waals surface area (Å²) in [6.45, 7) is 6.14. The van der Waals surface area contributed by atoms with Gasteiger partial charge in [0.2, 0.25) is 5.91 Å². The van der Waals surface area contributed by atoms with E-state index in [9.17, 15) is 4.79 Å². The number of likely N-dealkylation sites (N-methyl/N-ethyl adjacent to an activating group) is 2. The molecule has 0 spiro atoms. The second kappa shape index (κ2) is 6.47. The highest BCUT2D eigenvalue weighted by Gasteiger charge is 2.30. The summed E-state index contributed by atoms with van der Waals surface area (Å²) < 4.78 is 5.78. The van der Waals surface area contributed by atoms with Crippen molar-refractivity contribution in [2.45, 2.75) is 12.1 Å². The lowest BCUT2D eigenvalue weighted by Crippen LogP contribution is -2.60. The zero-order chi connectivity index (χ0) is 13.0. The number of hydrogen-bond donors (Lipinski definition) is 2. The van der Waals surface area contributed by atoms with Crippen LogP contribution >= 0.6 is 0 Å². The van der Waals surface area contributed by atoms with Crippen molar-refractivity contribution in [3.8, 4) is 0 Å². The molecule has 6 nitrogen and oxygen atoms in total. The van der Waals surface area contributed by atoms with Gasteiger partial charge in [0.1, 0.15) is 6.04 Å². The van der Waals surface area contributed by atoms with Crippen LogP contribution in [-0.4, -0.2) is 87.8 Å². The number of rotatable bonds is 3. The van der Waals surface area contributed by atoms with Gasteiger partial charge in [-0.3, -0.25) is 9.69 Å². The monoisotopic (exact) mass is 256 g/mol. The lowest BCUT2D eigenvalue weighted by atomic mass is 10.1. The summed E-state index contributed by atoms with van der Waals surface area (Å²) in [7, 11) is 3.81. The first-order chi connectivity index (χ1) is 8.70. The molecule has 2 aliphatic heterocycles. The van der Waals surface area contributed by atoms with E-state index in [1.165, 1.54) is 0 Å². The quantitative estimate of drug-likeness (QED) is 0.633. The Morgan fingerprint density at radius 1 is 1.50 bits per heavy atom. The number of carbonyl (C=O) groups is 1. The average Bonchev–Trinajstić information content (AvgIpc) is 2.38. The number of morpholine rings is 1. The molecule has 2 fully saturated rings. The molecule has 2 aliphatic rings. The molecule has 2 heterocycles. The first-order valence-corrected chi connectivity index (χ1v) is 6.67. The van der Waals surface area contributed by atoms with Gasteiger partial charge in [-0.2, -0.15) is 0 Å². The molecule has 104 valence electrons. The van der Waals surface area contributed by atoms with Crippen molar-refractivity contribution in [1.82, 2.24) is 20.4 Å². The number of hydrogen-bond acceptors (Lipinski definition) is 5. The fourth-order valence-corrected chi connectivity index (χ4v) is 2.63. The Morgan fingerprint density at radius 3 is 3.06 bits per heavy atom. The summed E-state index contributed by atoms with van der Waals surface area (Å²) in [6.07, 6.45) is 0.217. The topological polar surface area (TPSA) is 56.8 Å². The lowest BCUT2D eigenvalue weighted by molar-refractivity contribution is -0.128. The van der Waals surface area contributed by atoms with Crippen LogP contribution < -0.4 is 10.6 Å². The molecule has 18 heavy (non-hydrogen) atoms. The number of ether oxygens (including phenoxy) is 1. The predicted octanol–water partition coefficient (Wildman–Crippen LogP) is -1.66. The van der Waals surface area contributed by atoms with Gasteiger partial charge in [0.15, 0.2) is 0 Å². The van der Waals surface area contributed by atoms with Crippen LogP contribution in [0.3, 0.4) is 0 Å². The van der Waals surface area contributed by atoms with Crippen LogP contribution in [-0.2, 0) is 9.53 Å². The van der Waals surface area contributed by atoms with Gasteiger partial charge in [0, 0.05) is 46.3 Å². The number of piperazine rings is 1. The third-order valence-electron chi connectivity index (χ3n) is 3.68. The lowest BCUT2D eigenvalue weighted by Gasteiger charge is -2.39. The van der Waals surface area contributed by atoms with Gasteiger partial charge in [-0.15, -0.1) is 0 Å². The van der Waals surface area contributed by atoms with Crippen molar-refractivity contribution in [2.24, 2.45) is 0 Å². The molecule has 6 heteroatoms. The van der Waals surface area contributed by atoms with E-state index in [2.05, 4.69) is 27.5 Å². The maximum atomic E-state index is 11.8. The zero-order valence-electron chi connectivity index (χ0n) is 11.3. The van der Waals surface area contributed by atoms with Gasteiger partial charge in [0.05, 0.1) is 12.7 Å². The van der Waals surface area contributed by atoms with Crippen LogP contribution in [0.5, 0.6) is 0 Å². The fraction of sp³-hybridized carbons (Fsp3) is 0.917. The Bertz CT molecular complexity index is 287. The largest absolute Gasteiger partial charge is 0.374 e. The van der Waals surface area contributed by atoms with E-state index in [0.29, 0.717) is 0 Å². The molecule has 0 aromatic carbocycles. The van der Waals surface area contributed by atoms with E-state index in [0.717, 1.165) is 45.9 Å². The van der Waals surface area contributed by atoms with Crippen LogP contribution in [0.2, 0.25) is 0 Å². The molecule has 1 amide bonds. The minimum absolute atomic E-state index is 0.0698. The Kier molecular flexibility index (Phi) is 4.94. The highest BCUT2D eigenvalue weighted by Crippen LogP contribution is 2.10. The molecule has 2 unspecified atom stereocenters. The summed E-state index contributed by atoms with van der Waals surface area (Å²) in [5.41, 5.74) is 0. The molecule has 2 atom stereocenters. The van der Waals surface area contributed by atoms with E-state index in [-0.39, 0.29) is 18.1 Å². The Hall–Kier alpha value is -0.690. The standard InChI is InChI=1S/C12H24N4O2/c1-13-12(17)11-7-14-3-4-16(11)9-10-8-15(2)5-6-18-10/h10-11,14H,3-9H2,1-2H3,(H,13,17). The van der Waals surface area contributed by atoms with Crippen molar-refractivity contribution in [2.75, 3.05) is 60.0 Å². The summed E-state index contributed by atoms with van der Waals surface area (Å²) in [5.74, 6) is 0.0892. The maximum Gasteiger partial charge on any atom is 0.238 e. The van der Waals surface area contributed by atoms with Crippen molar-refractivity contribution in [1.29, 1.82) is 0 Å². The molecule has 0 saturated carbocycles. The molecule has 2 N–H and O–H groups in total. The minimum Gasteiger partial charge on any atom is -0.374 e. The molecule has 0 aliphatic carbocycles. The van der Waals surface area contributed by atoms with Gasteiger partial charge >= 0.3 is 0 Å². The number of nitrogens with one attached hydrogen (secondary N) is 2. The van der Waals surface area contributed by atoms with Crippen molar-refractivity contribution in [3.05, 3.63) is 0 Å². The Morgan fingerprint density at radius 2 is 2.33 bits per heavy atom. The summed E-state index contributed by atoms with van der Waals surface area (Å²) in [5, 5.41) is 6.01. The van der Waals surface area contributed by atoms with E-state index in [4.69, 9.17) is 4.74 Å². The van der Waals surface area contributed by atoms with Gasteiger partial charge in [-0.05, 0) is 7.05 Å². The molecular weight excluding hydrogens is 232 g/mol. The third-order valence-corrected chi connectivity index (χ3v) is 3.68. The molecule has 2 saturated heterocycles. The second-order valence-electron chi connectivity index (χ2n) is 5.08. The van der Waals surface area contributed by atoms with Crippen LogP contribution in [0.25, 0.3) is 0 Å². The molecule has 0 bridgehead atoms. The normalized spacial score (nSPS) is 31.2. The van der Waals surface area contributed by atoms with Gasteiger partial charge in [-0.1, -0.05) is 0 Å². The summed E-state index contributed by atoms with van der Waals surface area (Å²) in [6, 6.07) is -0.0698. The third kappa shape index (κ3) is 3.41. The molecule has 0 aromatic rings. The molecule has 2 rings (SSSR count). The number of nitrogens with zero attached hydrogens (tertiary/aromatic N) is 2. The molecule has 0 aromatic heterocycles. The van der Waals surface area contributed by atoms with Gasteiger partial charge in [-0.25, -0.2) is 0 Å². The first kappa shape index (κ1) is 13.7.